The summed E-state index contributed by atoms with van der Waals surface area (Å²) in [6, 6.07) is 54.1. The molecular formula is C47H41FN4O2. The maximum Gasteiger partial charge on any atom is 0.188 e. The van der Waals surface area contributed by atoms with Crippen molar-refractivity contribution in [2.75, 3.05) is 11.5 Å². The topological polar surface area (TPSA) is 74.2 Å². The highest BCUT2D eigenvalue weighted by Crippen LogP contribution is 2.48. The van der Waals surface area contributed by atoms with E-state index in [0.717, 1.165) is 33.6 Å². The summed E-state index contributed by atoms with van der Waals surface area (Å²) in [4.78, 5) is 11.0. The van der Waals surface area contributed by atoms with Crippen molar-refractivity contribution in [1.29, 1.82) is 5.26 Å². The molecule has 7 rings (SSSR count). The first-order chi connectivity index (χ1) is 26.4. The fourth-order valence-electron chi connectivity index (χ4n) is 7.10. The molecule has 6 aromatic carbocycles. The number of hydrogen-bond donors (Lipinski definition) is 1. The number of nitriles is 1. The summed E-state index contributed by atoms with van der Waals surface area (Å²) in [7, 11) is 0. The first-order valence-electron chi connectivity index (χ1n) is 18.1. The summed E-state index contributed by atoms with van der Waals surface area (Å²) < 4.78 is 28.6. The van der Waals surface area contributed by atoms with Gasteiger partial charge in [0.2, 0.25) is 0 Å². The van der Waals surface area contributed by atoms with Gasteiger partial charge in [0, 0.05) is 23.4 Å². The van der Waals surface area contributed by atoms with Gasteiger partial charge in [-0.05, 0) is 61.7 Å². The molecule has 0 aliphatic carbocycles. The van der Waals surface area contributed by atoms with Crippen molar-refractivity contribution in [2.24, 2.45) is 0 Å². The van der Waals surface area contributed by atoms with Crippen LogP contribution in [0.5, 0.6) is 11.5 Å². The molecule has 7 heteroatoms. The van der Waals surface area contributed by atoms with Gasteiger partial charge in [-0.2, -0.15) is 5.26 Å². The van der Waals surface area contributed by atoms with Crippen molar-refractivity contribution >= 4 is 11.4 Å². The number of nitrogens with one attached hydrogen (secondary N) is 1. The minimum absolute atomic E-state index is 0.0888. The Morgan fingerprint density at radius 3 is 1.80 bits per heavy atom. The van der Waals surface area contributed by atoms with Crippen molar-refractivity contribution in [2.45, 2.75) is 38.8 Å². The van der Waals surface area contributed by atoms with E-state index >= 15 is 4.39 Å². The van der Waals surface area contributed by atoms with Gasteiger partial charge in [0.1, 0.15) is 11.6 Å². The highest BCUT2D eigenvalue weighted by atomic mass is 19.1. The molecule has 0 amide bonds. The van der Waals surface area contributed by atoms with E-state index in [-0.39, 0.29) is 24.1 Å². The van der Waals surface area contributed by atoms with Crippen LogP contribution in [0.15, 0.2) is 158 Å². The fraction of sp³-hybridized carbons (Fsp3) is 0.149. The lowest BCUT2D eigenvalue weighted by Gasteiger charge is -2.36. The molecule has 0 radical (unpaired) electrons. The van der Waals surface area contributed by atoms with Crippen molar-refractivity contribution < 1.29 is 13.9 Å². The second kappa shape index (κ2) is 15.9. The molecule has 0 unspecified atom stereocenters. The smallest absolute Gasteiger partial charge is 0.188 e. The van der Waals surface area contributed by atoms with E-state index in [4.69, 9.17) is 14.5 Å². The highest BCUT2D eigenvalue weighted by Gasteiger charge is 2.42. The Labute approximate surface area is 316 Å². The Hall–Kier alpha value is -6.65. The molecule has 7 aromatic rings. The number of imidazole rings is 1. The number of anilines is 2. The normalized spacial score (nSPS) is 11.3. The minimum Gasteiger partial charge on any atom is -0.494 e. The molecule has 1 heterocycles. The molecule has 0 fully saturated rings. The van der Waals surface area contributed by atoms with Gasteiger partial charge in [-0.25, -0.2) is 9.37 Å². The Balaban J connectivity index is 1.50. The molecule has 0 aliphatic rings. The maximum absolute atomic E-state index is 16.7. The number of aromatic nitrogens is 2. The molecule has 0 atom stereocenters. The Bertz CT molecular complexity index is 2240. The van der Waals surface area contributed by atoms with Gasteiger partial charge in [0.05, 0.1) is 53.4 Å². The third kappa shape index (κ3) is 7.07. The SMILES string of the molecule is CCOc1cc(OC(C)C)c(F)c(N(Cc2nc(-c3ccccc3)c(C(c3ccccc3)(c3ccccc3)c3ccccc3)[nH]2)c2ccc(C#N)cc2)c1. The Morgan fingerprint density at radius 1 is 0.759 bits per heavy atom. The van der Waals surface area contributed by atoms with E-state index in [0.29, 0.717) is 29.4 Å². The zero-order chi connectivity index (χ0) is 37.5. The third-order valence-corrected chi connectivity index (χ3v) is 9.37. The predicted octanol–water partition coefficient (Wildman–Crippen LogP) is 11.0. The Morgan fingerprint density at radius 2 is 1.30 bits per heavy atom. The second-order valence-corrected chi connectivity index (χ2v) is 13.2. The van der Waals surface area contributed by atoms with Crippen LogP contribution in [-0.2, 0) is 12.0 Å². The summed E-state index contributed by atoms with van der Waals surface area (Å²) in [6.45, 7) is 6.15. The fourth-order valence-corrected chi connectivity index (χ4v) is 7.10. The zero-order valence-electron chi connectivity index (χ0n) is 30.5. The van der Waals surface area contributed by atoms with Crippen molar-refractivity contribution in [3.63, 3.8) is 0 Å². The maximum atomic E-state index is 16.7. The molecule has 54 heavy (non-hydrogen) atoms. The quantitative estimate of drug-likeness (QED) is 0.121. The first-order valence-corrected chi connectivity index (χ1v) is 18.1. The molecule has 0 bridgehead atoms. The van der Waals surface area contributed by atoms with Gasteiger partial charge in [-0.1, -0.05) is 121 Å². The number of halogens is 1. The summed E-state index contributed by atoms with van der Waals surface area (Å²) >= 11 is 0. The molecule has 0 saturated carbocycles. The van der Waals surface area contributed by atoms with Gasteiger partial charge >= 0.3 is 0 Å². The molecular weight excluding hydrogens is 672 g/mol. The standard InChI is InChI=1S/C47H41FN4O2/c1-4-53-40-29-41(44(48)42(30-40)54-33(2)3)52(39-27-25-34(31-49)26-28-39)32-43-50-45(35-17-9-5-10-18-35)46(51-43)47(36-19-11-6-12-20-36,37-21-13-7-14-22-37)38-23-15-8-16-24-38/h5-30,33H,4,32H2,1-3H3,(H,50,51). The van der Waals surface area contributed by atoms with Crippen LogP contribution in [0.25, 0.3) is 11.3 Å². The van der Waals surface area contributed by atoms with Crippen molar-refractivity contribution in [1.82, 2.24) is 9.97 Å². The lowest BCUT2D eigenvalue weighted by molar-refractivity contribution is 0.229. The van der Waals surface area contributed by atoms with Crippen LogP contribution in [0.1, 0.15) is 54.5 Å². The lowest BCUT2D eigenvalue weighted by Crippen LogP contribution is -2.32. The molecule has 0 aliphatic heterocycles. The van der Waals surface area contributed by atoms with E-state index in [9.17, 15) is 5.26 Å². The van der Waals surface area contributed by atoms with Crippen molar-refractivity contribution in [3.05, 3.63) is 197 Å². The summed E-state index contributed by atoms with van der Waals surface area (Å²) in [5, 5.41) is 9.61. The average Bonchev–Trinajstić information content (AvgIpc) is 3.64. The number of nitrogens with zero attached hydrogens (tertiary/aromatic N) is 3. The zero-order valence-corrected chi connectivity index (χ0v) is 30.5. The van der Waals surface area contributed by atoms with Crippen LogP contribution in [0, 0.1) is 17.1 Å². The van der Waals surface area contributed by atoms with Crippen LogP contribution < -0.4 is 14.4 Å². The highest BCUT2D eigenvalue weighted by molar-refractivity contribution is 5.72. The van der Waals surface area contributed by atoms with Gasteiger partial charge in [-0.3, -0.25) is 0 Å². The molecule has 6 nitrogen and oxygen atoms in total. The number of benzene rings is 6. The van der Waals surface area contributed by atoms with E-state index in [1.807, 2.05) is 74.2 Å². The van der Waals surface area contributed by atoms with Crippen LogP contribution in [0.3, 0.4) is 0 Å². The third-order valence-electron chi connectivity index (χ3n) is 9.37. The van der Waals surface area contributed by atoms with Crippen molar-refractivity contribution in [3.8, 4) is 28.8 Å². The Kier molecular flexibility index (Phi) is 10.5. The first kappa shape index (κ1) is 35.7. The van der Waals surface area contributed by atoms with Crippen LogP contribution in [0.4, 0.5) is 15.8 Å². The number of ether oxygens (including phenoxy) is 2. The number of hydrogen-bond acceptors (Lipinski definition) is 5. The number of aromatic amines is 1. The molecule has 268 valence electrons. The minimum atomic E-state index is -0.822. The summed E-state index contributed by atoms with van der Waals surface area (Å²) in [5.74, 6) is 0.641. The van der Waals surface area contributed by atoms with E-state index in [1.54, 1.807) is 24.3 Å². The molecule has 1 aromatic heterocycles. The van der Waals surface area contributed by atoms with Gasteiger partial charge < -0.3 is 19.4 Å². The van der Waals surface area contributed by atoms with Gasteiger partial charge in [0.15, 0.2) is 11.6 Å². The number of H-pyrrole nitrogens is 1. The molecule has 0 spiro atoms. The van der Waals surface area contributed by atoms with E-state index < -0.39 is 11.2 Å². The van der Waals surface area contributed by atoms with Crippen LogP contribution in [0.2, 0.25) is 0 Å². The largest absolute Gasteiger partial charge is 0.494 e. The summed E-state index contributed by atoms with van der Waals surface area (Å²) in [5.41, 5.74) is 6.35. The monoisotopic (exact) mass is 712 g/mol. The average molecular weight is 713 g/mol. The summed E-state index contributed by atoms with van der Waals surface area (Å²) in [6.07, 6.45) is -0.268. The van der Waals surface area contributed by atoms with E-state index in [2.05, 4.69) is 96.0 Å². The van der Waals surface area contributed by atoms with Crippen LogP contribution in [-0.4, -0.2) is 22.7 Å². The molecule has 0 saturated heterocycles. The number of rotatable bonds is 13. The lowest BCUT2D eigenvalue weighted by atomic mass is 9.66. The van der Waals surface area contributed by atoms with E-state index in [1.165, 1.54) is 0 Å². The van der Waals surface area contributed by atoms with Gasteiger partial charge in [0.25, 0.3) is 0 Å². The second-order valence-electron chi connectivity index (χ2n) is 13.2. The predicted molar refractivity (Wildman–Crippen MR) is 213 cm³/mol. The van der Waals surface area contributed by atoms with Crippen LogP contribution >= 0.6 is 0 Å². The van der Waals surface area contributed by atoms with Gasteiger partial charge in [-0.15, -0.1) is 0 Å². The molecule has 1 N–H and O–H groups in total.